The molecule has 0 bridgehead atoms. The molecule has 0 unspecified atom stereocenters. The van der Waals surface area contributed by atoms with Crippen molar-refractivity contribution >= 4 is 17.3 Å². The van der Waals surface area contributed by atoms with Crippen LogP contribution in [0.1, 0.15) is 40.3 Å². The molecular formula is C28H28N4O2S. The van der Waals surface area contributed by atoms with E-state index in [2.05, 4.69) is 51.8 Å². The van der Waals surface area contributed by atoms with E-state index in [-0.39, 0.29) is 17.8 Å². The third kappa shape index (κ3) is 4.35. The van der Waals surface area contributed by atoms with Crippen molar-refractivity contribution in [2.75, 3.05) is 7.11 Å². The van der Waals surface area contributed by atoms with Crippen molar-refractivity contribution < 1.29 is 9.84 Å². The van der Waals surface area contributed by atoms with Gasteiger partial charge in [-0.2, -0.15) is 0 Å². The van der Waals surface area contributed by atoms with Crippen LogP contribution >= 0.6 is 12.2 Å². The highest BCUT2D eigenvalue weighted by Gasteiger charge is 2.41. The minimum absolute atomic E-state index is 0.0448. The second-order valence-corrected chi connectivity index (χ2v) is 9.17. The highest BCUT2D eigenvalue weighted by molar-refractivity contribution is 7.80. The van der Waals surface area contributed by atoms with Crippen molar-refractivity contribution in [3.8, 4) is 17.2 Å². The molecule has 1 fully saturated rings. The van der Waals surface area contributed by atoms with Crippen molar-refractivity contribution in [1.82, 2.24) is 19.8 Å². The Morgan fingerprint density at radius 1 is 1.03 bits per heavy atom. The number of phenols is 1. The summed E-state index contributed by atoms with van der Waals surface area (Å²) < 4.78 is 7.55. The largest absolute Gasteiger partial charge is 0.508 e. The summed E-state index contributed by atoms with van der Waals surface area (Å²) in [6, 6.07) is 23.5. The van der Waals surface area contributed by atoms with E-state index in [1.165, 1.54) is 5.56 Å². The lowest BCUT2D eigenvalue weighted by atomic mass is 9.96. The first-order valence-corrected chi connectivity index (χ1v) is 12.0. The number of thiocarbonyl (C=S) groups is 1. The van der Waals surface area contributed by atoms with E-state index in [1.807, 2.05) is 48.7 Å². The molecule has 1 aliphatic rings. The van der Waals surface area contributed by atoms with Gasteiger partial charge in [0.25, 0.3) is 0 Å². The Labute approximate surface area is 210 Å². The van der Waals surface area contributed by atoms with E-state index >= 15 is 0 Å². The molecule has 2 N–H and O–H groups in total. The lowest BCUT2D eigenvalue weighted by molar-refractivity contribution is 0.310. The van der Waals surface area contributed by atoms with Gasteiger partial charge in [0, 0.05) is 29.8 Å². The average molecular weight is 485 g/mol. The van der Waals surface area contributed by atoms with Crippen molar-refractivity contribution in [3.05, 3.63) is 107 Å². The summed E-state index contributed by atoms with van der Waals surface area (Å²) in [4.78, 5) is 6.91. The predicted molar refractivity (Wildman–Crippen MR) is 141 cm³/mol. The Bertz CT molecular complexity index is 1330. The zero-order valence-electron chi connectivity index (χ0n) is 20.0. The zero-order valence-corrected chi connectivity index (χ0v) is 20.8. The maximum Gasteiger partial charge on any atom is 0.170 e. The van der Waals surface area contributed by atoms with Crippen LogP contribution in [-0.4, -0.2) is 31.8 Å². The van der Waals surface area contributed by atoms with Gasteiger partial charge in [0.2, 0.25) is 0 Å². The first kappa shape index (κ1) is 22.9. The second kappa shape index (κ2) is 9.43. The first-order valence-electron chi connectivity index (χ1n) is 11.6. The highest BCUT2D eigenvalue weighted by atomic mass is 32.1. The van der Waals surface area contributed by atoms with Gasteiger partial charge in [-0.3, -0.25) is 4.98 Å². The molecule has 5 rings (SSSR count). The van der Waals surface area contributed by atoms with Crippen LogP contribution in [0, 0.1) is 13.8 Å². The summed E-state index contributed by atoms with van der Waals surface area (Å²) in [5, 5.41) is 14.0. The predicted octanol–water partition coefficient (Wildman–Crippen LogP) is 5.38. The molecule has 2 aromatic heterocycles. The van der Waals surface area contributed by atoms with Gasteiger partial charge in [0.05, 0.1) is 24.9 Å². The van der Waals surface area contributed by atoms with Gasteiger partial charge in [0.1, 0.15) is 11.5 Å². The number of nitrogens with zero attached hydrogens (tertiary/aromatic N) is 3. The normalized spacial score (nSPS) is 17.5. The van der Waals surface area contributed by atoms with E-state index in [0.717, 1.165) is 34.1 Å². The number of phenolic OH excluding ortho intramolecular Hbond substituents is 1. The molecule has 6 nitrogen and oxygen atoms in total. The number of aromatic hydroxyl groups is 1. The third-order valence-electron chi connectivity index (χ3n) is 6.61. The van der Waals surface area contributed by atoms with Crippen LogP contribution in [0.5, 0.6) is 11.5 Å². The van der Waals surface area contributed by atoms with Gasteiger partial charge in [-0.25, -0.2) is 0 Å². The van der Waals surface area contributed by atoms with Gasteiger partial charge in [-0.15, -0.1) is 0 Å². The molecule has 2 atom stereocenters. The third-order valence-corrected chi connectivity index (χ3v) is 6.96. The molecule has 0 amide bonds. The Kier molecular flexibility index (Phi) is 6.17. The van der Waals surface area contributed by atoms with E-state index in [4.69, 9.17) is 17.0 Å². The van der Waals surface area contributed by atoms with Gasteiger partial charge in [-0.05, 0) is 91.8 Å². The maximum atomic E-state index is 9.76. The number of methoxy groups -OCH3 is 1. The Balaban J connectivity index is 1.59. The number of hydrogen-bond donors (Lipinski definition) is 2. The van der Waals surface area contributed by atoms with E-state index < -0.39 is 0 Å². The summed E-state index contributed by atoms with van der Waals surface area (Å²) in [5.41, 5.74) is 6.54. The summed E-state index contributed by atoms with van der Waals surface area (Å²) >= 11 is 5.86. The van der Waals surface area contributed by atoms with E-state index in [9.17, 15) is 5.11 Å². The summed E-state index contributed by atoms with van der Waals surface area (Å²) in [5.74, 6) is 1.08. The van der Waals surface area contributed by atoms with Crippen molar-refractivity contribution in [2.45, 2.75) is 32.5 Å². The zero-order chi connectivity index (χ0) is 24.5. The molecule has 1 aliphatic heterocycles. The standard InChI is InChI=1S/C28H28N4O2S/c1-18-16-24(19(2)32(18)21-9-11-22(33)12-10-21)27-26(25-6-4-5-15-29-25)30-28(35)31(27)17-20-7-13-23(34-3)14-8-20/h4-16,26-27,33H,17H2,1-3H3,(H,30,35)/t26-,27+/m0/s1. The fourth-order valence-corrected chi connectivity index (χ4v) is 5.23. The van der Waals surface area contributed by atoms with Crippen LogP contribution < -0.4 is 10.1 Å². The summed E-state index contributed by atoms with van der Waals surface area (Å²) in [6.07, 6.45) is 1.82. The number of hydrogen-bond acceptors (Lipinski definition) is 4. The van der Waals surface area contributed by atoms with Gasteiger partial charge in [-0.1, -0.05) is 18.2 Å². The van der Waals surface area contributed by atoms with Crippen LogP contribution in [0.25, 0.3) is 5.69 Å². The molecule has 0 spiro atoms. The number of aryl methyl sites for hydroxylation is 1. The van der Waals surface area contributed by atoms with Crippen molar-refractivity contribution in [3.63, 3.8) is 0 Å². The van der Waals surface area contributed by atoms with Crippen molar-refractivity contribution in [1.29, 1.82) is 0 Å². The van der Waals surface area contributed by atoms with Crippen molar-refractivity contribution in [2.24, 2.45) is 0 Å². The summed E-state index contributed by atoms with van der Waals surface area (Å²) in [7, 11) is 1.67. The van der Waals surface area contributed by atoms with E-state index in [1.54, 1.807) is 19.2 Å². The number of nitrogens with one attached hydrogen (secondary N) is 1. The molecule has 4 aromatic rings. The van der Waals surface area contributed by atoms with Crippen LogP contribution in [-0.2, 0) is 6.54 Å². The number of ether oxygens (including phenoxy) is 1. The fourth-order valence-electron chi connectivity index (χ4n) is 4.93. The molecule has 0 radical (unpaired) electrons. The molecule has 2 aromatic carbocycles. The Hall–Kier alpha value is -3.84. The number of rotatable bonds is 6. The first-order chi connectivity index (χ1) is 17.0. The molecule has 7 heteroatoms. The van der Waals surface area contributed by atoms with Crippen LogP contribution in [0.4, 0.5) is 0 Å². The Morgan fingerprint density at radius 3 is 2.43 bits per heavy atom. The summed E-state index contributed by atoms with van der Waals surface area (Å²) in [6.45, 7) is 4.90. The monoisotopic (exact) mass is 484 g/mol. The lowest BCUT2D eigenvalue weighted by Gasteiger charge is -2.28. The van der Waals surface area contributed by atoms with E-state index in [0.29, 0.717) is 11.7 Å². The minimum Gasteiger partial charge on any atom is -0.508 e. The Morgan fingerprint density at radius 2 is 1.77 bits per heavy atom. The van der Waals surface area contributed by atoms with Crippen LogP contribution in [0.15, 0.2) is 79.0 Å². The molecule has 1 saturated heterocycles. The molecule has 35 heavy (non-hydrogen) atoms. The minimum atomic E-state index is -0.0873. The molecule has 178 valence electrons. The van der Waals surface area contributed by atoms with Gasteiger partial charge < -0.3 is 24.6 Å². The molecule has 0 saturated carbocycles. The van der Waals surface area contributed by atoms with Gasteiger partial charge >= 0.3 is 0 Å². The molecular weight excluding hydrogens is 456 g/mol. The molecule has 0 aliphatic carbocycles. The number of benzene rings is 2. The van der Waals surface area contributed by atoms with Crippen LogP contribution in [0.2, 0.25) is 0 Å². The smallest absolute Gasteiger partial charge is 0.170 e. The number of pyridine rings is 1. The molecule has 3 heterocycles. The second-order valence-electron chi connectivity index (χ2n) is 8.78. The number of aromatic nitrogens is 2. The SMILES string of the molecule is COc1ccc(CN2C(=S)N[C@@H](c3ccccn3)[C@H]2c2cc(C)n(-c3ccc(O)cc3)c2C)cc1. The lowest BCUT2D eigenvalue weighted by Crippen LogP contribution is -2.29. The average Bonchev–Trinajstić information content (AvgIpc) is 3.35. The maximum absolute atomic E-state index is 9.76. The quantitative estimate of drug-likeness (QED) is 0.359. The highest BCUT2D eigenvalue weighted by Crippen LogP contribution is 2.42. The topological polar surface area (TPSA) is 62.5 Å². The van der Waals surface area contributed by atoms with Crippen LogP contribution in [0.3, 0.4) is 0 Å². The fraction of sp³-hybridized carbons (Fsp3) is 0.214. The van der Waals surface area contributed by atoms with Gasteiger partial charge in [0.15, 0.2) is 5.11 Å².